The molecule has 0 spiro atoms. The first kappa shape index (κ1) is 10.9. The van der Waals surface area contributed by atoms with Gasteiger partial charge in [0.25, 0.3) is 0 Å². The first-order chi connectivity index (χ1) is 7.70. The van der Waals surface area contributed by atoms with Crippen LogP contribution in [0.15, 0.2) is 12.4 Å². The van der Waals surface area contributed by atoms with Crippen molar-refractivity contribution in [2.24, 2.45) is 5.92 Å². The molecule has 0 N–H and O–H groups in total. The highest BCUT2D eigenvalue weighted by Gasteiger charge is 2.23. The highest BCUT2D eigenvalue weighted by Crippen LogP contribution is 2.30. The Morgan fingerprint density at radius 3 is 2.94 bits per heavy atom. The lowest BCUT2D eigenvalue weighted by molar-refractivity contribution is 0.0593. The number of anilines is 1. The van der Waals surface area contributed by atoms with E-state index >= 15 is 0 Å². The third-order valence-electron chi connectivity index (χ3n) is 2.64. The van der Waals surface area contributed by atoms with Crippen molar-refractivity contribution in [1.29, 1.82) is 0 Å². The molecule has 5 heteroatoms. The number of rotatable bonds is 4. The maximum atomic E-state index is 11.3. The van der Waals surface area contributed by atoms with Gasteiger partial charge in [-0.15, -0.1) is 0 Å². The minimum Gasteiger partial charge on any atom is -0.464 e. The summed E-state index contributed by atoms with van der Waals surface area (Å²) in [5, 5.41) is 0. The van der Waals surface area contributed by atoms with Gasteiger partial charge < -0.3 is 9.64 Å². The SMILES string of the molecule is COC(=O)c1cncc(N(C)CC2CC2)n1. The number of hydrogen-bond acceptors (Lipinski definition) is 5. The van der Waals surface area contributed by atoms with E-state index < -0.39 is 5.97 Å². The third-order valence-corrected chi connectivity index (χ3v) is 2.64. The molecule has 0 saturated heterocycles. The second-order valence-electron chi connectivity index (χ2n) is 4.08. The molecule has 1 heterocycles. The summed E-state index contributed by atoms with van der Waals surface area (Å²) in [7, 11) is 3.30. The summed E-state index contributed by atoms with van der Waals surface area (Å²) in [6.45, 7) is 0.972. The minimum atomic E-state index is -0.450. The number of esters is 1. The largest absolute Gasteiger partial charge is 0.464 e. The Labute approximate surface area is 94.5 Å². The van der Waals surface area contributed by atoms with Gasteiger partial charge in [0.05, 0.1) is 19.5 Å². The summed E-state index contributed by atoms with van der Waals surface area (Å²) in [6.07, 6.45) is 5.65. The zero-order chi connectivity index (χ0) is 11.5. The van der Waals surface area contributed by atoms with Crippen LogP contribution < -0.4 is 4.90 Å². The molecule has 0 radical (unpaired) electrons. The van der Waals surface area contributed by atoms with E-state index in [1.54, 1.807) is 6.20 Å². The lowest BCUT2D eigenvalue weighted by atomic mass is 10.4. The molecule has 16 heavy (non-hydrogen) atoms. The van der Waals surface area contributed by atoms with Crippen LogP contribution in [0.1, 0.15) is 23.3 Å². The van der Waals surface area contributed by atoms with Gasteiger partial charge in [-0.2, -0.15) is 0 Å². The van der Waals surface area contributed by atoms with Crippen molar-refractivity contribution in [3.05, 3.63) is 18.1 Å². The molecule has 0 unspecified atom stereocenters. The van der Waals surface area contributed by atoms with Gasteiger partial charge in [0.15, 0.2) is 5.69 Å². The standard InChI is InChI=1S/C11H15N3O2/c1-14(7-8-3-4-8)10-6-12-5-9(13-10)11(15)16-2/h5-6,8H,3-4,7H2,1-2H3. The normalized spacial score (nSPS) is 14.6. The molecule has 1 aliphatic rings. The fourth-order valence-electron chi connectivity index (χ4n) is 1.52. The maximum Gasteiger partial charge on any atom is 0.358 e. The molecule has 2 rings (SSSR count). The summed E-state index contributed by atoms with van der Waals surface area (Å²) in [6, 6.07) is 0. The van der Waals surface area contributed by atoms with Crippen LogP contribution in [-0.4, -0.2) is 36.6 Å². The van der Waals surface area contributed by atoms with Crippen molar-refractivity contribution in [2.75, 3.05) is 25.6 Å². The number of carbonyl (C=O) groups excluding carboxylic acids is 1. The molecule has 86 valence electrons. The van der Waals surface area contributed by atoms with Crippen molar-refractivity contribution in [1.82, 2.24) is 9.97 Å². The van der Waals surface area contributed by atoms with Crippen LogP contribution >= 0.6 is 0 Å². The van der Waals surface area contributed by atoms with Crippen LogP contribution in [0.3, 0.4) is 0 Å². The summed E-state index contributed by atoms with van der Waals surface area (Å²) >= 11 is 0. The predicted molar refractivity (Wildman–Crippen MR) is 59.4 cm³/mol. The number of methoxy groups -OCH3 is 1. The van der Waals surface area contributed by atoms with Gasteiger partial charge in [0, 0.05) is 13.6 Å². The van der Waals surface area contributed by atoms with Gasteiger partial charge >= 0.3 is 5.97 Å². The van der Waals surface area contributed by atoms with Crippen LogP contribution in [0.2, 0.25) is 0 Å². The van der Waals surface area contributed by atoms with Gasteiger partial charge in [-0.25, -0.2) is 9.78 Å². The van der Waals surface area contributed by atoms with E-state index in [0.29, 0.717) is 0 Å². The molecule has 1 fully saturated rings. The quantitative estimate of drug-likeness (QED) is 0.713. The van der Waals surface area contributed by atoms with Gasteiger partial charge in [-0.3, -0.25) is 4.98 Å². The molecular formula is C11H15N3O2. The molecule has 1 saturated carbocycles. The molecule has 0 bridgehead atoms. The number of ether oxygens (including phenoxy) is 1. The Morgan fingerprint density at radius 2 is 2.31 bits per heavy atom. The molecule has 0 aliphatic heterocycles. The molecular weight excluding hydrogens is 206 g/mol. The average Bonchev–Trinajstić information content (AvgIpc) is 3.12. The second-order valence-corrected chi connectivity index (χ2v) is 4.08. The topological polar surface area (TPSA) is 55.3 Å². The lowest BCUT2D eigenvalue weighted by Crippen LogP contribution is -2.22. The van der Waals surface area contributed by atoms with Gasteiger partial charge in [0.2, 0.25) is 0 Å². The zero-order valence-electron chi connectivity index (χ0n) is 9.51. The first-order valence-electron chi connectivity index (χ1n) is 5.32. The highest BCUT2D eigenvalue weighted by molar-refractivity contribution is 5.87. The van der Waals surface area contributed by atoms with Crippen LogP contribution in [0.4, 0.5) is 5.82 Å². The molecule has 0 aromatic carbocycles. The van der Waals surface area contributed by atoms with Gasteiger partial charge in [-0.1, -0.05) is 0 Å². The Bertz CT molecular complexity index is 391. The van der Waals surface area contributed by atoms with Crippen LogP contribution in [0, 0.1) is 5.92 Å². The Kier molecular flexibility index (Phi) is 3.03. The van der Waals surface area contributed by atoms with E-state index in [0.717, 1.165) is 18.3 Å². The second kappa shape index (κ2) is 4.47. The fraction of sp³-hybridized carbons (Fsp3) is 0.545. The molecule has 0 atom stereocenters. The summed E-state index contributed by atoms with van der Waals surface area (Å²) in [4.78, 5) is 21.5. The first-order valence-corrected chi connectivity index (χ1v) is 5.32. The Hall–Kier alpha value is -1.65. The van der Waals surface area contributed by atoms with Crippen molar-refractivity contribution < 1.29 is 9.53 Å². The maximum absolute atomic E-state index is 11.3. The smallest absolute Gasteiger partial charge is 0.358 e. The number of hydrogen-bond donors (Lipinski definition) is 0. The highest BCUT2D eigenvalue weighted by atomic mass is 16.5. The summed E-state index contributed by atoms with van der Waals surface area (Å²) < 4.78 is 4.60. The molecule has 1 aliphatic carbocycles. The summed E-state index contributed by atoms with van der Waals surface area (Å²) in [5.41, 5.74) is 0.252. The monoisotopic (exact) mass is 221 g/mol. The number of nitrogens with zero attached hydrogens (tertiary/aromatic N) is 3. The van der Waals surface area contributed by atoms with E-state index in [1.165, 1.54) is 26.1 Å². The van der Waals surface area contributed by atoms with Gasteiger partial charge in [-0.05, 0) is 18.8 Å². The van der Waals surface area contributed by atoms with E-state index in [9.17, 15) is 4.79 Å². The number of carbonyl (C=O) groups is 1. The van der Waals surface area contributed by atoms with E-state index in [4.69, 9.17) is 0 Å². The number of aromatic nitrogens is 2. The van der Waals surface area contributed by atoms with Crippen LogP contribution in [0.5, 0.6) is 0 Å². The van der Waals surface area contributed by atoms with Crippen LogP contribution in [-0.2, 0) is 4.74 Å². The molecule has 0 amide bonds. The summed E-state index contributed by atoms with van der Waals surface area (Å²) in [5.74, 6) is 1.04. The van der Waals surface area contributed by atoms with Crippen molar-refractivity contribution in [3.63, 3.8) is 0 Å². The predicted octanol–water partition coefficient (Wildman–Crippen LogP) is 1.11. The van der Waals surface area contributed by atoms with E-state index in [1.807, 2.05) is 11.9 Å². The van der Waals surface area contributed by atoms with Crippen LogP contribution in [0.25, 0.3) is 0 Å². The fourth-order valence-corrected chi connectivity index (χ4v) is 1.52. The third kappa shape index (κ3) is 2.48. The molecule has 1 aromatic heterocycles. The molecule has 1 aromatic rings. The van der Waals surface area contributed by atoms with E-state index in [-0.39, 0.29) is 5.69 Å². The van der Waals surface area contributed by atoms with Crippen molar-refractivity contribution in [2.45, 2.75) is 12.8 Å². The van der Waals surface area contributed by atoms with Gasteiger partial charge in [0.1, 0.15) is 5.82 Å². The minimum absolute atomic E-state index is 0.252. The van der Waals surface area contributed by atoms with Crippen molar-refractivity contribution in [3.8, 4) is 0 Å². The van der Waals surface area contributed by atoms with Crippen molar-refractivity contribution >= 4 is 11.8 Å². The Morgan fingerprint density at radius 1 is 1.56 bits per heavy atom. The zero-order valence-corrected chi connectivity index (χ0v) is 9.51. The van der Waals surface area contributed by atoms with E-state index in [2.05, 4.69) is 14.7 Å². The average molecular weight is 221 g/mol. The molecule has 5 nitrogen and oxygen atoms in total. The Balaban J connectivity index is 2.10. The lowest BCUT2D eigenvalue weighted by Gasteiger charge is -2.17.